The highest BCUT2D eigenvalue weighted by Crippen LogP contribution is 2.15. The Morgan fingerprint density at radius 2 is 1.89 bits per heavy atom. The zero-order chi connectivity index (χ0) is 14.7. The predicted octanol–water partition coefficient (Wildman–Crippen LogP) is 3.63. The average molecular weight is 268 g/mol. The topological polar surface area (TPSA) is 46.5 Å². The van der Waals surface area contributed by atoms with Crippen molar-refractivity contribution in [2.45, 2.75) is 59.0 Å². The molecule has 1 unspecified atom stereocenters. The number of carbonyl (C=O) groups excluding carboxylic acids is 1. The average Bonchev–Trinajstić information content (AvgIpc) is 2.34. The summed E-state index contributed by atoms with van der Waals surface area (Å²) in [5.74, 6) is -0.138. The van der Waals surface area contributed by atoms with Crippen LogP contribution in [-0.2, 0) is 9.53 Å². The van der Waals surface area contributed by atoms with E-state index in [0.29, 0.717) is 6.61 Å². The highest BCUT2D eigenvalue weighted by atomic mass is 16.5. The van der Waals surface area contributed by atoms with E-state index in [2.05, 4.69) is 18.7 Å². The molecule has 0 bridgehead atoms. The van der Waals surface area contributed by atoms with E-state index in [1.807, 2.05) is 20.8 Å². The lowest BCUT2D eigenvalue weighted by Gasteiger charge is -2.16. The summed E-state index contributed by atoms with van der Waals surface area (Å²) in [7, 11) is 0. The molecule has 0 radical (unpaired) electrons. The molecule has 0 aromatic rings. The molecule has 0 aliphatic carbocycles. The predicted molar refractivity (Wildman–Crippen MR) is 78.8 cm³/mol. The van der Waals surface area contributed by atoms with E-state index in [4.69, 9.17) is 4.74 Å². The van der Waals surface area contributed by atoms with Crippen LogP contribution in [0.5, 0.6) is 0 Å². The molecule has 3 nitrogen and oxygen atoms in total. The summed E-state index contributed by atoms with van der Waals surface area (Å²) in [4.78, 5) is 11.5. The first-order valence-corrected chi connectivity index (χ1v) is 7.00. The molecule has 0 aliphatic rings. The molecule has 3 heteroatoms. The summed E-state index contributed by atoms with van der Waals surface area (Å²) in [6, 6.07) is 0. The zero-order valence-corrected chi connectivity index (χ0v) is 12.5. The van der Waals surface area contributed by atoms with Crippen molar-refractivity contribution in [1.82, 2.24) is 0 Å². The van der Waals surface area contributed by atoms with Crippen LogP contribution in [0.3, 0.4) is 0 Å². The normalized spacial score (nSPS) is 13.5. The highest BCUT2D eigenvalue weighted by molar-refractivity contribution is 5.75. The van der Waals surface area contributed by atoms with Crippen molar-refractivity contribution in [3.05, 3.63) is 24.8 Å². The van der Waals surface area contributed by atoms with Gasteiger partial charge in [-0.05, 0) is 52.9 Å². The van der Waals surface area contributed by atoms with Gasteiger partial charge in [-0.15, -0.1) is 6.58 Å². The van der Waals surface area contributed by atoms with Gasteiger partial charge < -0.3 is 9.84 Å². The number of esters is 1. The number of ether oxygens (including phenoxy) is 1. The zero-order valence-electron chi connectivity index (χ0n) is 12.5. The second-order valence-electron chi connectivity index (χ2n) is 5.73. The Balaban J connectivity index is 3.43. The Hall–Kier alpha value is -1.09. The molecule has 0 fully saturated rings. The number of aliphatic hydroxyl groups is 1. The van der Waals surface area contributed by atoms with Gasteiger partial charge in [0, 0.05) is 0 Å². The number of hydrogen-bond donors (Lipinski definition) is 1. The van der Waals surface area contributed by atoms with Crippen molar-refractivity contribution in [1.29, 1.82) is 0 Å². The third kappa shape index (κ3) is 10.5. The number of hydrogen-bond acceptors (Lipinski definition) is 3. The Morgan fingerprint density at radius 3 is 2.47 bits per heavy atom. The van der Waals surface area contributed by atoms with Gasteiger partial charge in [-0.3, -0.25) is 4.79 Å². The fourth-order valence-electron chi connectivity index (χ4n) is 1.37. The van der Waals surface area contributed by atoms with Gasteiger partial charge in [0.05, 0.1) is 18.1 Å². The van der Waals surface area contributed by atoms with Gasteiger partial charge in [0.15, 0.2) is 0 Å². The van der Waals surface area contributed by atoms with E-state index >= 15 is 0 Å². The molecule has 1 N–H and O–H groups in total. The summed E-state index contributed by atoms with van der Waals surface area (Å²) in [6.07, 6.45) is 9.82. The molecule has 1 atom stereocenters. The minimum absolute atomic E-state index is 0.138. The van der Waals surface area contributed by atoms with Crippen LogP contribution in [0.4, 0.5) is 0 Å². The fraction of sp³-hybridized carbons (Fsp3) is 0.688. The number of carbonyl (C=O) groups is 1. The van der Waals surface area contributed by atoms with Crippen LogP contribution in [0.15, 0.2) is 24.8 Å². The molecular weight excluding hydrogens is 240 g/mol. The second-order valence-corrected chi connectivity index (χ2v) is 5.73. The van der Waals surface area contributed by atoms with Crippen molar-refractivity contribution < 1.29 is 14.6 Å². The third-order valence-electron chi connectivity index (χ3n) is 2.68. The van der Waals surface area contributed by atoms with Crippen LogP contribution in [0.1, 0.15) is 52.9 Å². The van der Waals surface area contributed by atoms with E-state index in [1.165, 1.54) is 0 Å². The van der Waals surface area contributed by atoms with Crippen LogP contribution in [0.2, 0.25) is 0 Å². The Labute approximate surface area is 117 Å². The number of unbranched alkanes of at least 4 members (excludes halogenated alkanes) is 2. The molecule has 110 valence electrons. The monoisotopic (exact) mass is 268 g/mol. The first-order chi connectivity index (χ1) is 8.88. The van der Waals surface area contributed by atoms with Gasteiger partial charge in [-0.1, -0.05) is 18.2 Å². The molecule has 19 heavy (non-hydrogen) atoms. The second kappa shape index (κ2) is 9.79. The minimum atomic E-state index is -0.411. The summed E-state index contributed by atoms with van der Waals surface area (Å²) in [5.41, 5.74) is -0.411. The van der Waals surface area contributed by atoms with Gasteiger partial charge in [-0.2, -0.15) is 0 Å². The molecule has 0 amide bonds. The minimum Gasteiger partial charge on any atom is -0.465 e. The Kier molecular flexibility index (Phi) is 9.23. The van der Waals surface area contributed by atoms with Gasteiger partial charge in [0.1, 0.15) is 0 Å². The molecule has 0 spiro atoms. The van der Waals surface area contributed by atoms with Crippen LogP contribution in [0.25, 0.3) is 0 Å². The van der Waals surface area contributed by atoms with Crippen molar-refractivity contribution in [2.24, 2.45) is 5.41 Å². The Morgan fingerprint density at radius 1 is 1.26 bits per heavy atom. The molecular formula is C16H28O3. The lowest BCUT2D eigenvalue weighted by Crippen LogP contribution is -2.23. The summed E-state index contributed by atoms with van der Waals surface area (Å²) in [6.45, 7) is 9.60. The molecule has 0 saturated carbocycles. The van der Waals surface area contributed by atoms with E-state index in [1.54, 1.807) is 6.08 Å². The number of aliphatic hydroxyl groups excluding tert-OH is 1. The molecule has 0 aromatic heterocycles. The Bertz CT molecular complexity index is 287. The SMILES string of the molecule is C=CC(O)CC/C=C/CCCCOC(=O)C(C)(C)C. The van der Waals surface area contributed by atoms with Crippen molar-refractivity contribution in [3.8, 4) is 0 Å². The van der Waals surface area contributed by atoms with Crippen molar-refractivity contribution in [2.75, 3.05) is 6.61 Å². The van der Waals surface area contributed by atoms with Gasteiger partial charge >= 0.3 is 5.97 Å². The van der Waals surface area contributed by atoms with Crippen LogP contribution in [-0.4, -0.2) is 23.8 Å². The first kappa shape index (κ1) is 17.9. The molecule has 0 aromatic carbocycles. The summed E-state index contributed by atoms with van der Waals surface area (Å²) >= 11 is 0. The maximum Gasteiger partial charge on any atom is 0.311 e. The van der Waals surface area contributed by atoms with E-state index in [9.17, 15) is 9.90 Å². The quantitative estimate of drug-likeness (QED) is 0.394. The standard InChI is InChI=1S/C16H28O3/c1-5-14(17)12-10-8-6-7-9-11-13-19-15(18)16(2,3)4/h5-6,8,14,17H,1,7,9-13H2,2-4H3/b8-6+. The number of rotatable bonds is 9. The first-order valence-electron chi connectivity index (χ1n) is 7.00. The maximum atomic E-state index is 11.5. The van der Waals surface area contributed by atoms with Crippen molar-refractivity contribution in [3.63, 3.8) is 0 Å². The smallest absolute Gasteiger partial charge is 0.311 e. The summed E-state index contributed by atoms with van der Waals surface area (Å²) < 4.78 is 5.17. The van der Waals surface area contributed by atoms with E-state index < -0.39 is 11.5 Å². The van der Waals surface area contributed by atoms with E-state index in [-0.39, 0.29) is 5.97 Å². The summed E-state index contributed by atoms with van der Waals surface area (Å²) in [5, 5.41) is 9.25. The maximum absolute atomic E-state index is 11.5. The third-order valence-corrected chi connectivity index (χ3v) is 2.68. The van der Waals surface area contributed by atoms with Crippen LogP contribution < -0.4 is 0 Å². The molecule has 0 aliphatic heterocycles. The lowest BCUT2D eigenvalue weighted by atomic mass is 9.97. The van der Waals surface area contributed by atoms with E-state index in [0.717, 1.165) is 32.1 Å². The van der Waals surface area contributed by atoms with Crippen LogP contribution >= 0.6 is 0 Å². The molecule has 0 heterocycles. The lowest BCUT2D eigenvalue weighted by molar-refractivity contribution is -0.153. The number of allylic oxidation sites excluding steroid dienone is 2. The van der Waals surface area contributed by atoms with Crippen molar-refractivity contribution >= 4 is 5.97 Å². The largest absolute Gasteiger partial charge is 0.465 e. The van der Waals surface area contributed by atoms with Gasteiger partial charge in [0.2, 0.25) is 0 Å². The van der Waals surface area contributed by atoms with Gasteiger partial charge in [-0.25, -0.2) is 0 Å². The molecule has 0 saturated heterocycles. The van der Waals surface area contributed by atoms with Crippen LogP contribution in [0, 0.1) is 5.41 Å². The highest BCUT2D eigenvalue weighted by Gasteiger charge is 2.22. The fourth-order valence-corrected chi connectivity index (χ4v) is 1.37. The van der Waals surface area contributed by atoms with Gasteiger partial charge in [0.25, 0.3) is 0 Å². The molecule has 0 rings (SSSR count).